The maximum atomic E-state index is 12.8. The first-order chi connectivity index (χ1) is 14.1. The van der Waals surface area contributed by atoms with Gasteiger partial charge >= 0.3 is 0 Å². The average Bonchev–Trinajstić information content (AvgIpc) is 3.41. The van der Waals surface area contributed by atoms with Gasteiger partial charge in [-0.15, -0.1) is 11.3 Å². The van der Waals surface area contributed by atoms with Crippen LogP contribution in [0.15, 0.2) is 53.9 Å². The van der Waals surface area contributed by atoms with Crippen molar-refractivity contribution in [2.75, 3.05) is 25.0 Å². The molecule has 0 N–H and O–H groups in total. The average molecular weight is 406 g/mol. The Kier molecular flexibility index (Phi) is 5.95. The fraction of sp³-hybridized carbons (Fsp3) is 0.333. The summed E-state index contributed by atoms with van der Waals surface area (Å²) in [6.45, 7) is 4.87. The van der Waals surface area contributed by atoms with Gasteiger partial charge in [0.15, 0.2) is 0 Å². The van der Waals surface area contributed by atoms with Crippen LogP contribution < -0.4 is 4.90 Å². The Morgan fingerprint density at radius 2 is 1.83 bits per heavy atom. The second-order valence-electron chi connectivity index (χ2n) is 7.70. The highest BCUT2D eigenvalue weighted by Gasteiger charge is 2.18. The monoisotopic (exact) mass is 405 g/mol. The third kappa shape index (κ3) is 4.67. The van der Waals surface area contributed by atoms with Crippen LogP contribution in [0.1, 0.15) is 29.0 Å². The molecule has 4 rings (SSSR count). The molecule has 1 saturated heterocycles. The van der Waals surface area contributed by atoms with Gasteiger partial charge in [-0.1, -0.05) is 42.5 Å². The van der Waals surface area contributed by atoms with Gasteiger partial charge in [-0.25, -0.2) is 4.98 Å². The van der Waals surface area contributed by atoms with E-state index in [2.05, 4.69) is 51.7 Å². The first kappa shape index (κ1) is 19.6. The second kappa shape index (κ2) is 8.78. The molecule has 0 aliphatic carbocycles. The number of carbonyl (C=O) groups excluding carboxylic acids is 1. The quantitative estimate of drug-likeness (QED) is 0.584. The zero-order valence-corrected chi connectivity index (χ0v) is 17.9. The maximum Gasteiger partial charge on any atom is 0.227 e. The Morgan fingerprint density at radius 3 is 2.52 bits per heavy atom. The van der Waals surface area contributed by atoms with E-state index in [1.807, 2.05) is 31.0 Å². The number of likely N-dealkylation sites (N-methyl/N-ethyl adjacent to an activating group) is 1. The number of para-hydroxylation sites is 1. The van der Waals surface area contributed by atoms with Crippen molar-refractivity contribution in [3.63, 3.8) is 0 Å². The predicted octanol–water partition coefficient (Wildman–Crippen LogP) is 4.92. The largest absolute Gasteiger partial charge is 0.371 e. The van der Waals surface area contributed by atoms with E-state index in [1.54, 1.807) is 11.3 Å². The summed E-state index contributed by atoms with van der Waals surface area (Å²) in [4.78, 5) is 21.6. The van der Waals surface area contributed by atoms with E-state index in [-0.39, 0.29) is 5.91 Å². The van der Waals surface area contributed by atoms with Crippen molar-refractivity contribution in [3.05, 3.63) is 70.0 Å². The highest BCUT2D eigenvalue weighted by Crippen LogP contribution is 2.26. The summed E-state index contributed by atoms with van der Waals surface area (Å²) in [5.41, 5.74) is 5.62. The van der Waals surface area contributed by atoms with E-state index >= 15 is 0 Å². The van der Waals surface area contributed by atoms with E-state index in [9.17, 15) is 4.79 Å². The molecule has 3 aromatic rings. The number of carbonyl (C=O) groups is 1. The summed E-state index contributed by atoms with van der Waals surface area (Å²) in [6.07, 6.45) is 2.91. The van der Waals surface area contributed by atoms with Crippen molar-refractivity contribution in [3.8, 4) is 11.3 Å². The minimum absolute atomic E-state index is 0.137. The summed E-state index contributed by atoms with van der Waals surface area (Å²) in [7, 11) is 1.90. The Hall–Kier alpha value is -2.66. The number of aryl methyl sites for hydroxylation is 1. The first-order valence-corrected chi connectivity index (χ1v) is 11.1. The van der Waals surface area contributed by atoms with Crippen LogP contribution in [0.5, 0.6) is 0 Å². The zero-order chi connectivity index (χ0) is 20.2. The summed E-state index contributed by atoms with van der Waals surface area (Å²) in [5.74, 6) is 0.137. The zero-order valence-electron chi connectivity index (χ0n) is 17.1. The number of aromatic nitrogens is 1. The number of rotatable bonds is 6. The smallest absolute Gasteiger partial charge is 0.227 e. The van der Waals surface area contributed by atoms with Crippen molar-refractivity contribution < 1.29 is 4.79 Å². The van der Waals surface area contributed by atoms with Gasteiger partial charge in [0.2, 0.25) is 5.91 Å². The molecule has 2 aromatic carbocycles. The Balaban J connectivity index is 1.40. The molecule has 0 bridgehead atoms. The summed E-state index contributed by atoms with van der Waals surface area (Å²) < 4.78 is 0. The maximum absolute atomic E-state index is 12.8. The molecule has 1 fully saturated rings. The van der Waals surface area contributed by atoms with Gasteiger partial charge in [0.1, 0.15) is 0 Å². The number of amides is 1. The molecule has 1 amide bonds. The molecule has 0 spiro atoms. The highest BCUT2D eigenvalue weighted by atomic mass is 32.1. The molecular formula is C24H27N3OS. The lowest BCUT2D eigenvalue weighted by Gasteiger charge is -2.24. The topological polar surface area (TPSA) is 36.4 Å². The lowest BCUT2D eigenvalue weighted by atomic mass is 10.1. The molecule has 0 unspecified atom stereocenters. The normalized spacial score (nSPS) is 13.7. The molecule has 1 aliphatic heterocycles. The number of hydrogen-bond acceptors (Lipinski definition) is 4. The molecule has 29 heavy (non-hydrogen) atoms. The van der Waals surface area contributed by atoms with Crippen LogP contribution in [0, 0.1) is 6.92 Å². The van der Waals surface area contributed by atoms with Gasteiger partial charge in [0.25, 0.3) is 0 Å². The lowest BCUT2D eigenvalue weighted by molar-refractivity contribution is -0.129. The van der Waals surface area contributed by atoms with Gasteiger partial charge in [0, 0.05) is 43.3 Å². The van der Waals surface area contributed by atoms with Gasteiger partial charge in [-0.3, -0.25) is 4.79 Å². The van der Waals surface area contributed by atoms with E-state index < -0.39 is 0 Å². The minimum atomic E-state index is 0.137. The van der Waals surface area contributed by atoms with Crippen LogP contribution in [-0.4, -0.2) is 35.9 Å². The van der Waals surface area contributed by atoms with Crippen molar-refractivity contribution in [2.45, 2.75) is 32.7 Å². The van der Waals surface area contributed by atoms with Gasteiger partial charge in [-0.2, -0.15) is 0 Å². The molecule has 5 heteroatoms. The Labute approximate surface area is 176 Å². The SMILES string of the molecule is Cc1nc(-c2ccc(CC(=O)N(C)Cc3ccccc3N3CCCC3)cc2)cs1. The van der Waals surface area contributed by atoms with Crippen molar-refractivity contribution in [1.29, 1.82) is 0 Å². The standard InChI is InChI=1S/C24H27N3OS/c1-18-25-22(17-29-18)20-11-9-19(10-12-20)15-24(28)26(2)16-21-7-3-4-8-23(21)27-13-5-6-14-27/h3-4,7-12,17H,5-6,13-16H2,1-2H3. The third-order valence-electron chi connectivity index (χ3n) is 5.50. The fourth-order valence-electron chi connectivity index (χ4n) is 3.85. The van der Waals surface area contributed by atoms with E-state index in [0.29, 0.717) is 13.0 Å². The van der Waals surface area contributed by atoms with Crippen LogP contribution in [-0.2, 0) is 17.8 Å². The molecule has 150 valence electrons. The Bertz CT molecular complexity index is 974. The molecule has 2 heterocycles. The summed E-state index contributed by atoms with van der Waals surface area (Å²) in [6, 6.07) is 16.7. The van der Waals surface area contributed by atoms with Gasteiger partial charge < -0.3 is 9.80 Å². The summed E-state index contributed by atoms with van der Waals surface area (Å²) >= 11 is 1.65. The van der Waals surface area contributed by atoms with E-state index in [1.165, 1.54) is 24.1 Å². The fourth-order valence-corrected chi connectivity index (χ4v) is 4.48. The summed E-state index contributed by atoms with van der Waals surface area (Å²) in [5, 5.41) is 3.14. The van der Waals surface area contributed by atoms with Crippen LogP contribution in [0.25, 0.3) is 11.3 Å². The van der Waals surface area contributed by atoms with Crippen molar-refractivity contribution in [1.82, 2.24) is 9.88 Å². The number of benzene rings is 2. The van der Waals surface area contributed by atoms with Gasteiger partial charge in [-0.05, 0) is 37.0 Å². The first-order valence-electron chi connectivity index (χ1n) is 10.2. The van der Waals surface area contributed by atoms with Crippen molar-refractivity contribution in [2.24, 2.45) is 0 Å². The molecular weight excluding hydrogens is 378 g/mol. The molecule has 1 aliphatic rings. The third-order valence-corrected chi connectivity index (χ3v) is 6.27. The van der Waals surface area contributed by atoms with Crippen LogP contribution in [0.2, 0.25) is 0 Å². The molecule has 0 radical (unpaired) electrons. The van der Waals surface area contributed by atoms with Crippen molar-refractivity contribution >= 4 is 22.9 Å². The van der Waals surface area contributed by atoms with E-state index in [4.69, 9.17) is 0 Å². The number of hydrogen-bond donors (Lipinski definition) is 0. The number of thiazole rings is 1. The number of anilines is 1. The van der Waals surface area contributed by atoms with Gasteiger partial charge in [0.05, 0.1) is 17.1 Å². The Morgan fingerprint density at radius 1 is 1.10 bits per heavy atom. The van der Waals surface area contributed by atoms with Crippen LogP contribution in [0.3, 0.4) is 0 Å². The van der Waals surface area contributed by atoms with Crippen LogP contribution in [0.4, 0.5) is 5.69 Å². The van der Waals surface area contributed by atoms with E-state index in [0.717, 1.165) is 34.9 Å². The molecule has 0 saturated carbocycles. The molecule has 0 atom stereocenters. The second-order valence-corrected chi connectivity index (χ2v) is 8.76. The number of nitrogens with zero attached hydrogens (tertiary/aromatic N) is 3. The molecule has 4 nitrogen and oxygen atoms in total. The van der Waals surface area contributed by atoms with Crippen LogP contribution >= 0.6 is 11.3 Å². The minimum Gasteiger partial charge on any atom is -0.371 e. The predicted molar refractivity (Wildman–Crippen MR) is 120 cm³/mol. The molecule has 1 aromatic heterocycles. The lowest BCUT2D eigenvalue weighted by Crippen LogP contribution is -2.29. The highest BCUT2D eigenvalue weighted by molar-refractivity contribution is 7.09.